The molecule has 1 aliphatic rings. The van der Waals surface area contributed by atoms with Crippen molar-refractivity contribution in [1.82, 2.24) is 4.90 Å². The van der Waals surface area contributed by atoms with Crippen molar-refractivity contribution >= 4 is 11.6 Å². The number of halogens is 1. The van der Waals surface area contributed by atoms with Gasteiger partial charge < -0.3 is 10.8 Å². The van der Waals surface area contributed by atoms with Crippen molar-refractivity contribution in [3.8, 4) is 0 Å². The fourth-order valence-electron chi connectivity index (χ4n) is 2.98. The number of rotatable bonds is 7. The Hall–Kier alpha value is -0.610. The van der Waals surface area contributed by atoms with E-state index in [1.165, 1.54) is 19.3 Å². The molecule has 0 bridgehead atoms. The Bertz CT molecular complexity index is 423. The lowest BCUT2D eigenvalue weighted by molar-refractivity contribution is 0.0473. The third kappa shape index (κ3) is 3.53. The summed E-state index contributed by atoms with van der Waals surface area (Å²) in [5, 5.41) is 10.1. The second kappa shape index (κ2) is 7.41. The molecule has 112 valence electrons. The van der Waals surface area contributed by atoms with Gasteiger partial charge >= 0.3 is 0 Å². The summed E-state index contributed by atoms with van der Waals surface area (Å²) in [4.78, 5) is 2.38. The molecule has 0 spiro atoms. The second-order valence-electron chi connectivity index (χ2n) is 5.62. The molecular weight excluding hydrogens is 272 g/mol. The van der Waals surface area contributed by atoms with E-state index in [4.69, 9.17) is 17.3 Å². The topological polar surface area (TPSA) is 49.5 Å². The quantitative estimate of drug-likeness (QED) is 0.813. The van der Waals surface area contributed by atoms with Crippen LogP contribution in [0.3, 0.4) is 0 Å². The Balaban J connectivity index is 2.29. The maximum absolute atomic E-state index is 9.40. The van der Waals surface area contributed by atoms with Crippen LogP contribution in [0.5, 0.6) is 0 Å². The first-order valence-electron chi connectivity index (χ1n) is 7.55. The van der Waals surface area contributed by atoms with Crippen LogP contribution in [0, 0.1) is 0 Å². The van der Waals surface area contributed by atoms with E-state index in [0.717, 1.165) is 17.0 Å². The molecule has 0 saturated heterocycles. The molecule has 1 fully saturated rings. The van der Waals surface area contributed by atoms with Crippen LogP contribution in [-0.2, 0) is 0 Å². The highest BCUT2D eigenvalue weighted by molar-refractivity contribution is 6.30. The van der Waals surface area contributed by atoms with Gasteiger partial charge in [0.1, 0.15) is 0 Å². The molecule has 1 aromatic carbocycles. The van der Waals surface area contributed by atoms with Gasteiger partial charge in [0.15, 0.2) is 0 Å². The number of aliphatic hydroxyl groups excluding tert-OH is 1. The van der Waals surface area contributed by atoms with Gasteiger partial charge in [-0.05, 0) is 37.0 Å². The first-order valence-corrected chi connectivity index (χ1v) is 7.92. The van der Waals surface area contributed by atoms with Gasteiger partial charge in [-0.3, -0.25) is 4.90 Å². The number of nitrogens with two attached hydrogens (primary N) is 1. The highest BCUT2D eigenvalue weighted by Crippen LogP contribution is 2.35. The molecule has 0 amide bonds. The van der Waals surface area contributed by atoms with Crippen molar-refractivity contribution in [3.63, 3.8) is 0 Å². The normalized spacial score (nSPS) is 18.9. The highest BCUT2D eigenvalue weighted by Gasteiger charge is 2.33. The Labute approximate surface area is 126 Å². The van der Waals surface area contributed by atoms with E-state index in [1.807, 2.05) is 18.2 Å². The van der Waals surface area contributed by atoms with Crippen LogP contribution in [0.25, 0.3) is 0 Å². The molecule has 1 aromatic rings. The van der Waals surface area contributed by atoms with E-state index in [0.29, 0.717) is 12.6 Å². The number of aliphatic hydroxyl groups is 1. The summed E-state index contributed by atoms with van der Waals surface area (Å²) < 4.78 is 0. The Morgan fingerprint density at radius 1 is 1.45 bits per heavy atom. The SMILES string of the molecule is CCC(N)C(c1cccc(Cl)c1)N(CCO)C1CCC1. The summed E-state index contributed by atoms with van der Waals surface area (Å²) >= 11 is 6.14. The van der Waals surface area contributed by atoms with Gasteiger partial charge in [-0.15, -0.1) is 0 Å². The Morgan fingerprint density at radius 3 is 2.70 bits per heavy atom. The maximum atomic E-state index is 9.40. The van der Waals surface area contributed by atoms with Gasteiger partial charge in [-0.25, -0.2) is 0 Å². The molecular formula is C16H25ClN2O. The van der Waals surface area contributed by atoms with E-state index in [2.05, 4.69) is 17.9 Å². The zero-order chi connectivity index (χ0) is 14.5. The summed E-state index contributed by atoms with van der Waals surface area (Å²) in [5.74, 6) is 0. The summed E-state index contributed by atoms with van der Waals surface area (Å²) in [5.41, 5.74) is 7.54. The minimum atomic E-state index is 0.0561. The smallest absolute Gasteiger partial charge is 0.0558 e. The predicted octanol–water partition coefficient (Wildman–Crippen LogP) is 2.97. The van der Waals surface area contributed by atoms with Crippen molar-refractivity contribution in [2.45, 2.75) is 50.7 Å². The van der Waals surface area contributed by atoms with E-state index < -0.39 is 0 Å². The van der Waals surface area contributed by atoms with Crippen molar-refractivity contribution in [2.24, 2.45) is 5.73 Å². The monoisotopic (exact) mass is 296 g/mol. The van der Waals surface area contributed by atoms with E-state index >= 15 is 0 Å². The van der Waals surface area contributed by atoms with Crippen molar-refractivity contribution in [1.29, 1.82) is 0 Å². The van der Waals surface area contributed by atoms with E-state index in [1.54, 1.807) is 0 Å². The van der Waals surface area contributed by atoms with Gasteiger partial charge in [0.2, 0.25) is 0 Å². The summed E-state index contributed by atoms with van der Waals surface area (Å²) in [6.07, 6.45) is 4.59. The molecule has 1 aliphatic carbocycles. The lowest BCUT2D eigenvalue weighted by atomic mass is 9.87. The number of hydrogen-bond acceptors (Lipinski definition) is 3. The lowest BCUT2D eigenvalue weighted by Crippen LogP contribution is -2.49. The standard InChI is InChI=1S/C16H25ClN2O/c1-2-15(18)16(12-5-3-6-13(17)11-12)19(9-10-20)14-7-4-8-14/h3,5-6,11,14-16,20H,2,4,7-10,18H2,1H3. The Kier molecular flexibility index (Phi) is 5.85. The van der Waals surface area contributed by atoms with E-state index in [-0.39, 0.29) is 18.7 Å². The van der Waals surface area contributed by atoms with Crippen molar-refractivity contribution in [3.05, 3.63) is 34.9 Å². The zero-order valence-corrected chi connectivity index (χ0v) is 12.9. The minimum absolute atomic E-state index is 0.0561. The molecule has 0 aliphatic heterocycles. The molecule has 0 radical (unpaired) electrons. The summed E-state index contributed by atoms with van der Waals surface area (Å²) in [7, 11) is 0. The van der Waals surface area contributed by atoms with Crippen LogP contribution >= 0.6 is 11.6 Å². The molecule has 0 aromatic heterocycles. The molecule has 20 heavy (non-hydrogen) atoms. The predicted molar refractivity (Wildman–Crippen MR) is 83.9 cm³/mol. The van der Waals surface area contributed by atoms with Crippen molar-refractivity contribution < 1.29 is 5.11 Å². The van der Waals surface area contributed by atoms with E-state index in [9.17, 15) is 5.11 Å². The third-order valence-electron chi connectivity index (χ3n) is 4.33. The molecule has 1 saturated carbocycles. The van der Waals surface area contributed by atoms with Crippen LogP contribution in [-0.4, -0.2) is 35.2 Å². The number of nitrogens with zero attached hydrogens (tertiary/aromatic N) is 1. The fraction of sp³-hybridized carbons (Fsp3) is 0.625. The van der Waals surface area contributed by atoms with Gasteiger partial charge in [0, 0.05) is 23.7 Å². The molecule has 2 atom stereocenters. The molecule has 0 heterocycles. The van der Waals surface area contributed by atoms with Crippen LogP contribution in [0.1, 0.15) is 44.2 Å². The lowest BCUT2D eigenvalue weighted by Gasteiger charge is -2.44. The van der Waals surface area contributed by atoms with Crippen LogP contribution < -0.4 is 5.73 Å². The first-order chi connectivity index (χ1) is 9.67. The maximum Gasteiger partial charge on any atom is 0.0558 e. The Morgan fingerprint density at radius 2 is 2.20 bits per heavy atom. The minimum Gasteiger partial charge on any atom is -0.395 e. The summed E-state index contributed by atoms with van der Waals surface area (Å²) in [6, 6.07) is 8.70. The van der Waals surface area contributed by atoms with Gasteiger partial charge in [-0.2, -0.15) is 0 Å². The van der Waals surface area contributed by atoms with Gasteiger partial charge in [-0.1, -0.05) is 37.1 Å². The van der Waals surface area contributed by atoms with Gasteiger partial charge in [0.05, 0.1) is 12.6 Å². The molecule has 4 heteroatoms. The zero-order valence-electron chi connectivity index (χ0n) is 12.1. The fourth-order valence-corrected chi connectivity index (χ4v) is 3.18. The number of benzene rings is 1. The highest BCUT2D eigenvalue weighted by atomic mass is 35.5. The molecule has 3 N–H and O–H groups in total. The van der Waals surface area contributed by atoms with Crippen LogP contribution in [0.4, 0.5) is 0 Å². The second-order valence-corrected chi connectivity index (χ2v) is 6.05. The molecule has 2 unspecified atom stereocenters. The average Bonchev–Trinajstić information content (AvgIpc) is 2.37. The van der Waals surface area contributed by atoms with Crippen LogP contribution in [0.15, 0.2) is 24.3 Å². The van der Waals surface area contributed by atoms with Gasteiger partial charge in [0.25, 0.3) is 0 Å². The summed E-state index contributed by atoms with van der Waals surface area (Å²) in [6.45, 7) is 2.96. The van der Waals surface area contributed by atoms with Crippen LogP contribution in [0.2, 0.25) is 5.02 Å². The molecule has 3 nitrogen and oxygen atoms in total. The number of hydrogen-bond donors (Lipinski definition) is 2. The largest absolute Gasteiger partial charge is 0.395 e. The third-order valence-corrected chi connectivity index (χ3v) is 4.56. The first kappa shape index (κ1) is 15.8. The molecule has 2 rings (SSSR count). The average molecular weight is 297 g/mol. The van der Waals surface area contributed by atoms with Crippen molar-refractivity contribution in [2.75, 3.05) is 13.2 Å².